The Morgan fingerprint density at radius 3 is 2.30 bits per heavy atom. The number of halogens is 3. The maximum absolute atomic E-state index is 15.4. The van der Waals surface area contributed by atoms with Crippen molar-refractivity contribution in [2.75, 3.05) is 7.11 Å². The van der Waals surface area contributed by atoms with Crippen LogP contribution < -0.4 is 9.47 Å². The number of ether oxygens (including phenoxy) is 2. The fourth-order valence-corrected chi connectivity index (χ4v) is 4.73. The van der Waals surface area contributed by atoms with Gasteiger partial charge in [-0.25, -0.2) is 13.2 Å². The highest BCUT2D eigenvalue weighted by atomic mass is 19.1. The standard InChI is InChI=1S/C30H29F3O4.C3H6/c1-30(2)13-5-7-24(30)22-14-19(17-37-27-8-4-6-18(29(27)33)9-12-28(34)35)26(32)16-21(22)23-15-20(36-3)10-11-25(23)31;1-2-3-1/h4,6-8,10-11,14-16H,5,9,12-13,17H2,1-3H3,(H,34,35);1-3H2. The smallest absolute Gasteiger partial charge is 0.303 e. The van der Waals surface area contributed by atoms with Gasteiger partial charge in [0.1, 0.15) is 24.0 Å². The van der Waals surface area contributed by atoms with E-state index < -0.39 is 23.4 Å². The molecule has 0 saturated heterocycles. The molecule has 40 heavy (non-hydrogen) atoms. The van der Waals surface area contributed by atoms with Crippen LogP contribution in [0.15, 0.2) is 54.6 Å². The van der Waals surface area contributed by atoms with Gasteiger partial charge in [-0.1, -0.05) is 51.3 Å². The third kappa shape index (κ3) is 7.06. The molecule has 1 N–H and O–H groups in total. The van der Waals surface area contributed by atoms with Gasteiger partial charge in [0, 0.05) is 17.5 Å². The van der Waals surface area contributed by atoms with Crippen LogP contribution in [0.5, 0.6) is 11.5 Å². The summed E-state index contributed by atoms with van der Waals surface area (Å²) in [5.41, 5.74) is 2.49. The summed E-state index contributed by atoms with van der Waals surface area (Å²) in [7, 11) is 1.48. The first-order valence-corrected chi connectivity index (χ1v) is 13.6. The van der Waals surface area contributed by atoms with Gasteiger partial charge in [0.05, 0.1) is 7.11 Å². The number of carbonyl (C=O) groups is 1. The number of rotatable bonds is 9. The van der Waals surface area contributed by atoms with Crippen molar-refractivity contribution in [2.24, 2.45) is 5.41 Å². The lowest BCUT2D eigenvalue weighted by atomic mass is 9.79. The minimum atomic E-state index is -1.03. The van der Waals surface area contributed by atoms with E-state index in [2.05, 4.69) is 19.9 Å². The first-order valence-electron chi connectivity index (χ1n) is 13.6. The Hall–Kier alpha value is -3.74. The number of hydrogen-bond donors (Lipinski definition) is 1. The molecule has 3 aromatic rings. The van der Waals surface area contributed by atoms with E-state index in [4.69, 9.17) is 14.6 Å². The maximum atomic E-state index is 15.4. The predicted molar refractivity (Wildman–Crippen MR) is 150 cm³/mol. The zero-order chi connectivity index (χ0) is 28.9. The van der Waals surface area contributed by atoms with Gasteiger partial charge in [-0.2, -0.15) is 0 Å². The van der Waals surface area contributed by atoms with Crippen LogP contribution in [-0.2, 0) is 17.8 Å². The van der Waals surface area contributed by atoms with Crippen LogP contribution in [0.25, 0.3) is 16.7 Å². The molecule has 7 heteroatoms. The zero-order valence-corrected chi connectivity index (χ0v) is 23.2. The second-order valence-corrected chi connectivity index (χ2v) is 10.8. The van der Waals surface area contributed by atoms with Crippen LogP contribution in [0.1, 0.15) is 69.1 Å². The summed E-state index contributed by atoms with van der Waals surface area (Å²) in [4.78, 5) is 10.9. The minimum absolute atomic E-state index is 0.0148. The Kier molecular flexibility index (Phi) is 9.23. The molecule has 2 aliphatic rings. The molecule has 3 aromatic carbocycles. The second kappa shape index (κ2) is 12.6. The van der Waals surface area contributed by atoms with E-state index in [1.807, 2.05) is 0 Å². The minimum Gasteiger partial charge on any atom is -0.497 e. The molecule has 0 radical (unpaired) electrons. The van der Waals surface area contributed by atoms with E-state index in [9.17, 15) is 13.6 Å². The topological polar surface area (TPSA) is 55.8 Å². The van der Waals surface area contributed by atoms with E-state index in [1.54, 1.807) is 18.2 Å². The largest absolute Gasteiger partial charge is 0.497 e. The molecule has 0 aromatic heterocycles. The first kappa shape index (κ1) is 29.2. The first-order chi connectivity index (χ1) is 19.1. The molecule has 0 spiro atoms. The number of carboxylic acid groups (broad SMARTS) is 1. The summed E-state index contributed by atoms with van der Waals surface area (Å²) in [6.07, 6.45) is 8.14. The predicted octanol–water partition coefficient (Wildman–Crippen LogP) is 8.75. The Bertz CT molecular complexity index is 1410. The molecule has 0 atom stereocenters. The van der Waals surface area contributed by atoms with Crippen molar-refractivity contribution in [3.8, 4) is 22.6 Å². The molecule has 0 amide bonds. The van der Waals surface area contributed by atoms with E-state index >= 15 is 4.39 Å². The lowest BCUT2D eigenvalue weighted by Crippen LogP contribution is -2.11. The van der Waals surface area contributed by atoms with Gasteiger partial charge < -0.3 is 14.6 Å². The van der Waals surface area contributed by atoms with Crippen LogP contribution in [0, 0.1) is 22.9 Å². The fourth-order valence-electron chi connectivity index (χ4n) is 4.73. The van der Waals surface area contributed by atoms with E-state index in [0.29, 0.717) is 16.9 Å². The van der Waals surface area contributed by atoms with Gasteiger partial charge in [-0.15, -0.1) is 0 Å². The third-order valence-electron chi connectivity index (χ3n) is 7.18. The summed E-state index contributed by atoms with van der Waals surface area (Å²) in [6, 6.07) is 11.8. The molecule has 5 rings (SSSR count). The number of hydrogen-bond acceptors (Lipinski definition) is 3. The van der Waals surface area contributed by atoms with Crippen molar-refractivity contribution in [2.45, 2.75) is 65.4 Å². The highest BCUT2D eigenvalue weighted by molar-refractivity contribution is 5.85. The molecule has 212 valence electrons. The van der Waals surface area contributed by atoms with Crippen molar-refractivity contribution in [3.05, 3.63) is 88.7 Å². The number of benzene rings is 3. The molecule has 1 saturated carbocycles. The summed E-state index contributed by atoms with van der Waals surface area (Å²) >= 11 is 0. The quantitative estimate of drug-likeness (QED) is 0.288. The molecule has 0 bridgehead atoms. The van der Waals surface area contributed by atoms with Crippen molar-refractivity contribution in [1.82, 2.24) is 0 Å². The highest BCUT2D eigenvalue weighted by Gasteiger charge is 2.31. The van der Waals surface area contributed by atoms with Crippen molar-refractivity contribution in [3.63, 3.8) is 0 Å². The Morgan fingerprint density at radius 2 is 1.68 bits per heavy atom. The molecule has 0 aliphatic heterocycles. The molecule has 2 aliphatic carbocycles. The van der Waals surface area contributed by atoms with Gasteiger partial charge in [0.2, 0.25) is 0 Å². The van der Waals surface area contributed by atoms with Gasteiger partial charge >= 0.3 is 5.97 Å². The monoisotopic (exact) mass is 552 g/mol. The van der Waals surface area contributed by atoms with Crippen LogP contribution in [0.3, 0.4) is 0 Å². The molecule has 1 fully saturated rings. The molecule has 0 heterocycles. The number of methoxy groups -OCH3 is 1. The Morgan fingerprint density at radius 1 is 0.925 bits per heavy atom. The van der Waals surface area contributed by atoms with E-state index in [1.165, 1.54) is 56.7 Å². The SMILES string of the molecule is C1CC1.COc1ccc(F)c(-c2cc(F)c(COc3cccc(CCC(=O)O)c3F)cc2C2=CCCC2(C)C)c1. The van der Waals surface area contributed by atoms with Crippen LogP contribution in [-0.4, -0.2) is 18.2 Å². The Labute approximate surface area is 233 Å². The fraction of sp³-hybridized carbons (Fsp3) is 0.364. The van der Waals surface area contributed by atoms with Crippen LogP contribution in [0.4, 0.5) is 13.2 Å². The summed E-state index contributed by atoms with van der Waals surface area (Å²) in [5.74, 6) is -2.45. The number of aliphatic carboxylic acids is 1. The molecule has 4 nitrogen and oxygen atoms in total. The summed E-state index contributed by atoms with van der Waals surface area (Å²) < 4.78 is 56.1. The highest BCUT2D eigenvalue weighted by Crippen LogP contribution is 2.48. The van der Waals surface area contributed by atoms with Gasteiger partial charge in [0.15, 0.2) is 11.6 Å². The zero-order valence-electron chi connectivity index (χ0n) is 23.2. The van der Waals surface area contributed by atoms with Crippen LogP contribution >= 0.6 is 0 Å². The number of allylic oxidation sites excluding steroid dienone is 2. The maximum Gasteiger partial charge on any atom is 0.303 e. The van der Waals surface area contributed by atoms with E-state index in [0.717, 1.165) is 18.4 Å². The molecular formula is C33H35F3O4. The number of carboxylic acids is 1. The number of aryl methyl sites for hydroxylation is 1. The van der Waals surface area contributed by atoms with Crippen LogP contribution in [0.2, 0.25) is 0 Å². The van der Waals surface area contributed by atoms with Gasteiger partial charge in [-0.3, -0.25) is 4.79 Å². The van der Waals surface area contributed by atoms with Crippen molar-refractivity contribution >= 4 is 11.5 Å². The van der Waals surface area contributed by atoms with E-state index in [-0.39, 0.29) is 47.3 Å². The average molecular weight is 553 g/mol. The lowest BCUT2D eigenvalue weighted by molar-refractivity contribution is -0.136. The average Bonchev–Trinajstić information content (AvgIpc) is 3.76. The van der Waals surface area contributed by atoms with Gasteiger partial charge in [0.25, 0.3) is 0 Å². The Balaban J connectivity index is 0.00000115. The lowest BCUT2D eigenvalue weighted by Gasteiger charge is -2.26. The van der Waals surface area contributed by atoms with Gasteiger partial charge in [-0.05, 0) is 83.3 Å². The summed E-state index contributed by atoms with van der Waals surface area (Å²) in [6.45, 7) is 3.93. The van der Waals surface area contributed by atoms with Crippen molar-refractivity contribution < 1.29 is 32.5 Å². The third-order valence-corrected chi connectivity index (χ3v) is 7.18. The summed E-state index contributed by atoms with van der Waals surface area (Å²) in [5, 5.41) is 8.89. The molecular weight excluding hydrogens is 517 g/mol. The second-order valence-electron chi connectivity index (χ2n) is 10.8. The normalized spacial score (nSPS) is 15.1. The van der Waals surface area contributed by atoms with Crippen molar-refractivity contribution in [1.29, 1.82) is 0 Å². The molecule has 0 unspecified atom stereocenters.